The summed E-state index contributed by atoms with van der Waals surface area (Å²) in [4.78, 5) is 3.74. The van der Waals surface area contributed by atoms with Gasteiger partial charge in [-0.3, -0.25) is 0 Å². The summed E-state index contributed by atoms with van der Waals surface area (Å²) in [6, 6.07) is 2.22. The molecule has 0 atom stereocenters. The number of hydrogen-bond acceptors (Lipinski definition) is 3. The van der Waals surface area contributed by atoms with Crippen molar-refractivity contribution in [2.24, 2.45) is 0 Å². The van der Waals surface area contributed by atoms with Gasteiger partial charge in [-0.1, -0.05) is 13.8 Å². The molecule has 0 unspecified atom stereocenters. The van der Waals surface area contributed by atoms with Crippen LogP contribution in [0.4, 0.5) is 13.2 Å². The second-order valence-electron chi connectivity index (χ2n) is 4.19. The maximum absolute atomic E-state index is 12.4. The van der Waals surface area contributed by atoms with Gasteiger partial charge in [0.1, 0.15) is 0 Å². The minimum atomic E-state index is -4.36. The van der Waals surface area contributed by atoms with E-state index in [1.165, 1.54) is 0 Å². The zero-order valence-electron chi connectivity index (χ0n) is 10.4. The van der Waals surface area contributed by atoms with E-state index < -0.39 is 11.7 Å². The Hall–Kier alpha value is -1.30. The molecule has 6 heteroatoms. The average molecular weight is 262 g/mol. The summed E-state index contributed by atoms with van der Waals surface area (Å²) in [6.07, 6.45) is -2.54. The quantitative estimate of drug-likeness (QED) is 0.800. The molecule has 0 aliphatic heterocycles. The minimum Gasteiger partial charge on any atom is -0.478 e. The van der Waals surface area contributed by atoms with E-state index in [0.717, 1.165) is 31.3 Å². The van der Waals surface area contributed by atoms with Gasteiger partial charge < -0.3 is 10.1 Å². The van der Waals surface area contributed by atoms with Crippen molar-refractivity contribution in [1.29, 1.82) is 0 Å². The van der Waals surface area contributed by atoms with E-state index in [-0.39, 0.29) is 5.88 Å². The SMILES string of the molecule is CC(C)NCCCOc1cc(C(F)(F)F)ccn1. The van der Waals surface area contributed by atoms with Crippen LogP contribution in [0.5, 0.6) is 5.88 Å². The standard InChI is InChI=1S/C12H17F3N2O/c1-9(2)16-5-3-7-18-11-8-10(4-6-17-11)12(13,14)15/h4,6,8-9,16H,3,5,7H2,1-2H3. The zero-order valence-corrected chi connectivity index (χ0v) is 10.4. The Labute approximate surface area is 104 Å². The summed E-state index contributed by atoms with van der Waals surface area (Å²) in [6.45, 7) is 5.15. The van der Waals surface area contributed by atoms with Crippen LogP contribution in [-0.4, -0.2) is 24.2 Å². The average Bonchev–Trinajstić information content (AvgIpc) is 2.27. The van der Waals surface area contributed by atoms with Crippen molar-refractivity contribution in [3.63, 3.8) is 0 Å². The number of pyridine rings is 1. The molecule has 0 aliphatic rings. The molecule has 0 fully saturated rings. The van der Waals surface area contributed by atoms with Crippen LogP contribution in [0.15, 0.2) is 18.3 Å². The molecule has 1 N–H and O–H groups in total. The molecule has 0 saturated carbocycles. The molecule has 0 saturated heterocycles. The number of ether oxygens (including phenoxy) is 1. The fourth-order valence-corrected chi connectivity index (χ4v) is 1.30. The largest absolute Gasteiger partial charge is 0.478 e. The molecule has 0 spiro atoms. The lowest BCUT2D eigenvalue weighted by Gasteiger charge is -2.10. The number of aromatic nitrogens is 1. The smallest absolute Gasteiger partial charge is 0.416 e. The second kappa shape index (κ2) is 6.58. The van der Waals surface area contributed by atoms with E-state index in [0.29, 0.717) is 12.6 Å². The lowest BCUT2D eigenvalue weighted by molar-refractivity contribution is -0.137. The van der Waals surface area contributed by atoms with Gasteiger partial charge in [-0.25, -0.2) is 4.98 Å². The first-order valence-electron chi connectivity index (χ1n) is 5.79. The van der Waals surface area contributed by atoms with E-state index in [1.807, 2.05) is 13.8 Å². The van der Waals surface area contributed by atoms with Gasteiger partial charge in [-0.15, -0.1) is 0 Å². The van der Waals surface area contributed by atoms with Crippen LogP contribution in [0.1, 0.15) is 25.8 Å². The van der Waals surface area contributed by atoms with Gasteiger partial charge in [0, 0.05) is 18.3 Å². The van der Waals surface area contributed by atoms with Crippen molar-refractivity contribution >= 4 is 0 Å². The van der Waals surface area contributed by atoms with Crippen molar-refractivity contribution in [1.82, 2.24) is 10.3 Å². The molecule has 1 heterocycles. The molecule has 3 nitrogen and oxygen atoms in total. The molecule has 0 aliphatic carbocycles. The van der Waals surface area contributed by atoms with Gasteiger partial charge >= 0.3 is 6.18 Å². The highest BCUT2D eigenvalue weighted by atomic mass is 19.4. The highest BCUT2D eigenvalue weighted by molar-refractivity contribution is 5.22. The fourth-order valence-electron chi connectivity index (χ4n) is 1.30. The van der Waals surface area contributed by atoms with Crippen LogP contribution in [-0.2, 0) is 6.18 Å². The first-order chi connectivity index (χ1) is 8.39. The predicted octanol–water partition coefficient (Wildman–Crippen LogP) is 2.87. The number of halogens is 3. The van der Waals surface area contributed by atoms with Crippen molar-refractivity contribution in [2.45, 2.75) is 32.5 Å². The van der Waals surface area contributed by atoms with Crippen molar-refractivity contribution < 1.29 is 17.9 Å². The van der Waals surface area contributed by atoms with Crippen molar-refractivity contribution in [3.05, 3.63) is 23.9 Å². The van der Waals surface area contributed by atoms with Crippen molar-refractivity contribution in [3.8, 4) is 5.88 Å². The first-order valence-corrected chi connectivity index (χ1v) is 5.79. The van der Waals surface area contributed by atoms with Crippen LogP contribution >= 0.6 is 0 Å². The van der Waals surface area contributed by atoms with Crippen LogP contribution < -0.4 is 10.1 Å². The Morgan fingerprint density at radius 2 is 2.11 bits per heavy atom. The van der Waals surface area contributed by atoms with Gasteiger partial charge in [0.15, 0.2) is 0 Å². The molecule has 0 radical (unpaired) electrons. The van der Waals surface area contributed by atoms with Gasteiger partial charge in [0.2, 0.25) is 5.88 Å². The third-order valence-corrected chi connectivity index (χ3v) is 2.19. The molecule has 0 amide bonds. The number of hydrogen-bond donors (Lipinski definition) is 1. The maximum atomic E-state index is 12.4. The van der Waals surface area contributed by atoms with E-state index >= 15 is 0 Å². The first kappa shape index (κ1) is 14.8. The molecule has 1 aromatic heterocycles. The zero-order chi connectivity index (χ0) is 13.6. The summed E-state index contributed by atoms with van der Waals surface area (Å²) in [5.74, 6) is 0.00868. The lowest BCUT2D eigenvalue weighted by atomic mass is 10.2. The molecule has 18 heavy (non-hydrogen) atoms. The van der Waals surface area contributed by atoms with E-state index in [1.54, 1.807) is 0 Å². The summed E-state index contributed by atoms with van der Waals surface area (Å²) < 4.78 is 42.4. The number of nitrogens with one attached hydrogen (secondary N) is 1. The third-order valence-electron chi connectivity index (χ3n) is 2.19. The fraction of sp³-hybridized carbons (Fsp3) is 0.583. The number of nitrogens with zero attached hydrogens (tertiary/aromatic N) is 1. The second-order valence-corrected chi connectivity index (χ2v) is 4.19. The predicted molar refractivity (Wildman–Crippen MR) is 62.5 cm³/mol. The normalized spacial score (nSPS) is 11.9. The summed E-state index contributed by atoms with van der Waals surface area (Å²) in [7, 11) is 0. The van der Waals surface area contributed by atoms with Gasteiger partial charge in [0.05, 0.1) is 12.2 Å². The molecular weight excluding hydrogens is 245 g/mol. The monoisotopic (exact) mass is 262 g/mol. The van der Waals surface area contributed by atoms with Crippen LogP contribution in [0.2, 0.25) is 0 Å². The lowest BCUT2D eigenvalue weighted by Crippen LogP contribution is -2.24. The van der Waals surface area contributed by atoms with E-state index in [9.17, 15) is 13.2 Å². The number of alkyl halides is 3. The van der Waals surface area contributed by atoms with Crippen LogP contribution in [0.3, 0.4) is 0 Å². The molecular formula is C12H17F3N2O. The molecule has 1 aromatic rings. The summed E-state index contributed by atoms with van der Waals surface area (Å²) >= 11 is 0. The molecule has 1 rings (SSSR count). The highest BCUT2D eigenvalue weighted by Crippen LogP contribution is 2.30. The van der Waals surface area contributed by atoms with E-state index in [4.69, 9.17) is 4.74 Å². The minimum absolute atomic E-state index is 0.00868. The molecule has 0 aromatic carbocycles. The van der Waals surface area contributed by atoms with Gasteiger partial charge in [0.25, 0.3) is 0 Å². The third kappa shape index (κ3) is 5.35. The van der Waals surface area contributed by atoms with Gasteiger partial charge in [-0.05, 0) is 19.0 Å². The number of rotatable bonds is 6. The van der Waals surface area contributed by atoms with Gasteiger partial charge in [-0.2, -0.15) is 13.2 Å². The summed E-state index contributed by atoms with van der Waals surface area (Å²) in [5, 5.41) is 3.19. The van der Waals surface area contributed by atoms with Crippen molar-refractivity contribution in [2.75, 3.05) is 13.2 Å². The highest BCUT2D eigenvalue weighted by Gasteiger charge is 2.30. The maximum Gasteiger partial charge on any atom is 0.416 e. The summed E-state index contributed by atoms with van der Waals surface area (Å²) in [5.41, 5.74) is -0.743. The topological polar surface area (TPSA) is 34.1 Å². The Balaban J connectivity index is 2.39. The Morgan fingerprint density at radius 3 is 2.72 bits per heavy atom. The Bertz CT molecular complexity index is 367. The Kier molecular flexibility index (Phi) is 5.40. The molecule has 102 valence electrons. The Morgan fingerprint density at radius 1 is 1.39 bits per heavy atom. The van der Waals surface area contributed by atoms with E-state index in [2.05, 4.69) is 10.3 Å². The molecule has 0 bridgehead atoms. The van der Waals surface area contributed by atoms with Crippen LogP contribution in [0, 0.1) is 0 Å². The van der Waals surface area contributed by atoms with Crippen LogP contribution in [0.25, 0.3) is 0 Å².